The predicted molar refractivity (Wildman–Crippen MR) is 38.8 cm³/mol. The molecule has 0 saturated heterocycles. The monoisotopic (exact) mass is 140 g/mol. The van der Waals surface area contributed by atoms with Gasteiger partial charge in [0.15, 0.2) is 0 Å². The molecule has 0 aromatic heterocycles. The third kappa shape index (κ3) is 1.45. The number of aldehydes is 1. The second-order valence-corrected chi connectivity index (χ2v) is 2.48. The highest BCUT2D eigenvalue weighted by Gasteiger charge is 2.15. The molecule has 0 radical (unpaired) electrons. The van der Waals surface area contributed by atoms with Crippen molar-refractivity contribution in [3.05, 3.63) is 11.6 Å². The molecule has 0 heterocycles. The van der Waals surface area contributed by atoms with Crippen LogP contribution < -0.4 is 0 Å². The quantitative estimate of drug-likeness (QED) is 0.540. The van der Waals surface area contributed by atoms with Gasteiger partial charge in [-0.3, -0.25) is 4.79 Å². The topological polar surface area (TPSA) is 26.3 Å². The maximum absolute atomic E-state index is 10.4. The van der Waals surface area contributed by atoms with Crippen molar-refractivity contribution in [2.24, 2.45) is 0 Å². The molecule has 1 aliphatic rings. The molecule has 2 nitrogen and oxygen atoms in total. The Morgan fingerprint density at radius 1 is 1.80 bits per heavy atom. The lowest BCUT2D eigenvalue weighted by Crippen LogP contribution is -2.17. The highest BCUT2D eigenvalue weighted by Crippen LogP contribution is 2.18. The van der Waals surface area contributed by atoms with Crippen molar-refractivity contribution in [2.45, 2.75) is 25.4 Å². The van der Waals surface area contributed by atoms with Crippen LogP contribution in [0.4, 0.5) is 0 Å². The van der Waals surface area contributed by atoms with E-state index in [1.807, 2.05) is 6.08 Å². The number of rotatable bonds is 2. The molecule has 0 aromatic carbocycles. The zero-order valence-electron chi connectivity index (χ0n) is 6.17. The first-order chi connectivity index (χ1) is 4.88. The lowest BCUT2D eigenvalue weighted by molar-refractivity contribution is -0.106. The maximum Gasteiger partial charge on any atom is 0.148 e. The number of hydrogen-bond acceptors (Lipinski definition) is 2. The summed E-state index contributed by atoms with van der Waals surface area (Å²) in [4.78, 5) is 10.4. The molecule has 0 saturated carbocycles. The lowest BCUT2D eigenvalue weighted by atomic mass is 9.97. The van der Waals surface area contributed by atoms with E-state index in [4.69, 9.17) is 4.74 Å². The molecule has 0 bridgehead atoms. The standard InChI is InChI=1S/C8H12O2/c1-10-8-5-3-2-4-7(8)6-9/h4,6,8H,2-3,5H2,1H3. The zero-order chi connectivity index (χ0) is 7.40. The Kier molecular flexibility index (Phi) is 2.63. The third-order valence-electron chi connectivity index (χ3n) is 1.84. The van der Waals surface area contributed by atoms with Crippen molar-refractivity contribution < 1.29 is 9.53 Å². The number of carbonyl (C=O) groups is 1. The van der Waals surface area contributed by atoms with E-state index in [0.29, 0.717) is 0 Å². The van der Waals surface area contributed by atoms with E-state index >= 15 is 0 Å². The summed E-state index contributed by atoms with van der Waals surface area (Å²) < 4.78 is 5.10. The first-order valence-electron chi connectivity index (χ1n) is 3.56. The molecule has 0 fully saturated rings. The molecule has 1 unspecified atom stereocenters. The van der Waals surface area contributed by atoms with Crippen LogP contribution in [-0.2, 0) is 9.53 Å². The molecule has 0 amide bonds. The molecule has 0 aromatic rings. The summed E-state index contributed by atoms with van der Waals surface area (Å²) in [5, 5.41) is 0. The van der Waals surface area contributed by atoms with Gasteiger partial charge in [0, 0.05) is 12.7 Å². The van der Waals surface area contributed by atoms with Gasteiger partial charge in [0.05, 0.1) is 6.10 Å². The first kappa shape index (κ1) is 7.48. The fourth-order valence-corrected chi connectivity index (χ4v) is 1.25. The second kappa shape index (κ2) is 3.52. The normalized spacial score (nSPS) is 25.7. The molecule has 56 valence electrons. The number of allylic oxidation sites excluding steroid dienone is 1. The molecule has 1 atom stereocenters. The maximum atomic E-state index is 10.4. The fourth-order valence-electron chi connectivity index (χ4n) is 1.25. The van der Waals surface area contributed by atoms with Crippen molar-refractivity contribution in [3.63, 3.8) is 0 Å². The van der Waals surface area contributed by atoms with Crippen molar-refractivity contribution >= 4 is 6.29 Å². The zero-order valence-corrected chi connectivity index (χ0v) is 6.17. The predicted octanol–water partition coefficient (Wildman–Crippen LogP) is 1.31. The summed E-state index contributed by atoms with van der Waals surface area (Å²) in [5.74, 6) is 0. The smallest absolute Gasteiger partial charge is 0.148 e. The van der Waals surface area contributed by atoms with Crippen LogP contribution in [0.1, 0.15) is 19.3 Å². The van der Waals surface area contributed by atoms with Crippen LogP contribution in [0.2, 0.25) is 0 Å². The van der Waals surface area contributed by atoms with E-state index in [2.05, 4.69) is 0 Å². The van der Waals surface area contributed by atoms with Gasteiger partial charge < -0.3 is 4.74 Å². The summed E-state index contributed by atoms with van der Waals surface area (Å²) in [6, 6.07) is 0. The van der Waals surface area contributed by atoms with Crippen LogP contribution in [0.3, 0.4) is 0 Å². The number of methoxy groups -OCH3 is 1. The van der Waals surface area contributed by atoms with Gasteiger partial charge in [-0.05, 0) is 19.3 Å². The number of carbonyl (C=O) groups excluding carboxylic acids is 1. The van der Waals surface area contributed by atoms with Gasteiger partial charge in [0.2, 0.25) is 0 Å². The van der Waals surface area contributed by atoms with Gasteiger partial charge in [0.25, 0.3) is 0 Å². The van der Waals surface area contributed by atoms with Crippen LogP contribution in [0.5, 0.6) is 0 Å². The van der Waals surface area contributed by atoms with E-state index in [1.54, 1.807) is 7.11 Å². The molecular formula is C8H12O2. The highest BCUT2D eigenvalue weighted by atomic mass is 16.5. The summed E-state index contributed by atoms with van der Waals surface area (Å²) in [6.45, 7) is 0. The molecule has 2 heteroatoms. The second-order valence-electron chi connectivity index (χ2n) is 2.48. The molecule has 1 rings (SSSR count). The highest BCUT2D eigenvalue weighted by molar-refractivity contribution is 5.74. The molecule has 1 aliphatic carbocycles. The van der Waals surface area contributed by atoms with E-state index in [-0.39, 0.29) is 6.10 Å². The SMILES string of the molecule is COC1CCCC=C1C=O. The molecule has 0 aliphatic heterocycles. The van der Waals surface area contributed by atoms with Gasteiger partial charge in [-0.1, -0.05) is 6.08 Å². The Bertz CT molecular complexity index is 149. The first-order valence-corrected chi connectivity index (χ1v) is 3.56. The van der Waals surface area contributed by atoms with Crippen molar-refractivity contribution in [3.8, 4) is 0 Å². The molecule has 10 heavy (non-hydrogen) atoms. The van der Waals surface area contributed by atoms with Gasteiger partial charge in [-0.15, -0.1) is 0 Å². The van der Waals surface area contributed by atoms with Crippen LogP contribution >= 0.6 is 0 Å². The molecular weight excluding hydrogens is 128 g/mol. The Morgan fingerprint density at radius 3 is 3.10 bits per heavy atom. The lowest BCUT2D eigenvalue weighted by Gasteiger charge is -2.18. The summed E-state index contributed by atoms with van der Waals surface area (Å²) in [5.41, 5.74) is 0.814. The van der Waals surface area contributed by atoms with E-state index in [0.717, 1.165) is 31.1 Å². The summed E-state index contributed by atoms with van der Waals surface area (Å²) in [7, 11) is 1.65. The van der Waals surface area contributed by atoms with Crippen LogP contribution in [0, 0.1) is 0 Å². The summed E-state index contributed by atoms with van der Waals surface area (Å²) in [6.07, 6.45) is 6.06. The fraction of sp³-hybridized carbons (Fsp3) is 0.625. The largest absolute Gasteiger partial charge is 0.377 e. The average molecular weight is 140 g/mol. The van der Waals surface area contributed by atoms with Crippen molar-refractivity contribution in [1.29, 1.82) is 0 Å². The summed E-state index contributed by atoms with van der Waals surface area (Å²) >= 11 is 0. The Hall–Kier alpha value is -0.630. The molecule has 0 N–H and O–H groups in total. The van der Waals surface area contributed by atoms with Crippen molar-refractivity contribution in [1.82, 2.24) is 0 Å². The number of ether oxygens (including phenoxy) is 1. The van der Waals surface area contributed by atoms with Crippen LogP contribution in [0.15, 0.2) is 11.6 Å². The van der Waals surface area contributed by atoms with Crippen LogP contribution in [-0.4, -0.2) is 19.5 Å². The van der Waals surface area contributed by atoms with Gasteiger partial charge in [-0.2, -0.15) is 0 Å². The Labute approximate surface area is 60.9 Å². The number of hydrogen-bond donors (Lipinski definition) is 0. The minimum atomic E-state index is 0.0613. The third-order valence-corrected chi connectivity index (χ3v) is 1.84. The van der Waals surface area contributed by atoms with Crippen LogP contribution in [0.25, 0.3) is 0 Å². The minimum absolute atomic E-state index is 0.0613. The minimum Gasteiger partial charge on any atom is -0.377 e. The van der Waals surface area contributed by atoms with E-state index in [1.165, 1.54) is 0 Å². The Balaban J connectivity index is 2.62. The van der Waals surface area contributed by atoms with Gasteiger partial charge >= 0.3 is 0 Å². The van der Waals surface area contributed by atoms with Gasteiger partial charge in [0.1, 0.15) is 6.29 Å². The van der Waals surface area contributed by atoms with E-state index < -0.39 is 0 Å². The van der Waals surface area contributed by atoms with E-state index in [9.17, 15) is 4.79 Å². The van der Waals surface area contributed by atoms with Gasteiger partial charge in [-0.25, -0.2) is 0 Å². The molecule has 0 spiro atoms. The average Bonchev–Trinajstić information content (AvgIpc) is 2.04. The Morgan fingerprint density at radius 2 is 2.60 bits per heavy atom. The van der Waals surface area contributed by atoms with Crippen molar-refractivity contribution in [2.75, 3.05) is 7.11 Å².